The van der Waals surface area contributed by atoms with Gasteiger partial charge in [-0.2, -0.15) is 0 Å². The van der Waals surface area contributed by atoms with E-state index in [1.807, 2.05) is 42.5 Å². The average molecular weight is 493 g/mol. The summed E-state index contributed by atoms with van der Waals surface area (Å²) in [6.07, 6.45) is 1.06. The van der Waals surface area contributed by atoms with Crippen LogP contribution in [0.5, 0.6) is 5.75 Å². The molecule has 0 aliphatic heterocycles. The maximum absolute atomic E-state index is 14.1. The van der Waals surface area contributed by atoms with Gasteiger partial charge in [-0.3, -0.25) is 9.10 Å². The van der Waals surface area contributed by atoms with Crippen molar-refractivity contribution >= 4 is 32.4 Å². The molecule has 0 saturated carbocycles. The number of ether oxygens (including phenoxy) is 1. The number of rotatable bonds is 9. The first-order chi connectivity index (χ1) is 16.8. The summed E-state index contributed by atoms with van der Waals surface area (Å²) in [5, 5.41) is 4.88. The van der Waals surface area contributed by atoms with Crippen LogP contribution >= 0.6 is 0 Å². The summed E-state index contributed by atoms with van der Waals surface area (Å²) in [7, 11) is -3.68. The largest absolute Gasteiger partial charge is 0.491 e. The van der Waals surface area contributed by atoms with Crippen LogP contribution < -0.4 is 14.4 Å². The molecule has 4 rings (SSSR count). The Morgan fingerprint density at radius 1 is 0.914 bits per heavy atom. The Kier molecular flexibility index (Phi) is 7.31. The predicted octanol–water partition coefficient (Wildman–Crippen LogP) is 4.75. The van der Waals surface area contributed by atoms with Crippen molar-refractivity contribution in [2.75, 3.05) is 23.7 Å². The van der Waals surface area contributed by atoms with Crippen LogP contribution in [-0.2, 0) is 16.6 Å². The molecule has 0 saturated heterocycles. The number of carbonyl (C=O) groups excluding carboxylic acids is 1. The maximum atomic E-state index is 14.1. The molecule has 6 nitrogen and oxygen atoms in total. The fraction of sp³-hybridized carbons (Fsp3) is 0.148. The van der Waals surface area contributed by atoms with E-state index in [2.05, 4.69) is 5.32 Å². The van der Waals surface area contributed by atoms with Gasteiger partial charge in [-0.25, -0.2) is 12.8 Å². The van der Waals surface area contributed by atoms with Crippen molar-refractivity contribution in [1.82, 2.24) is 5.32 Å². The average Bonchev–Trinajstić information content (AvgIpc) is 2.85. The molecular formula is C27H25FN2O4S. The summed E-state index contributed by atoms with van der Waals surface area (Å²) in [5.41, 5.74) is 0.968. The first-order valence-corrected chi connectivity index (χ1v) is 12.9. The molecule has 180 valence electrons. The van der Waals surface area contributed by atoms with Crippen molar-refractivity contribution in [2.45, 2.75) is 6.54 Å². The van der Waals surface area contributed by atoms with Gasteiger partial charge in [0.1, 0.15) is 18.2 Å². The number of hydrogen-bond donors (Lipinski definition) is 1. The van der Waals surface area contributed by atoms with E-state index in [9.17, 15) is 17.6 Å². The second-order valence-electron chi connectivity index (χ2n) is 7.99. The van der Waals surface area contributed by atoms with E-state index in [0.717, 1.165) is 27.1 Å². The van der Waals surface area contributed by atoms with Gasteiger partial charge in [0.05, 0.1) is 25.0 Å². The molecule has 4 aromatic rings. The third-order valence-corrected chi connectivity index (χ3v) is 6.62. The number of benzene rings is 4. The molecule has 35 heavy (non-hydrogen) atoms. The molecule has 0 heterocycles. The van der Waals surface area contributed by atoms with Gasteiger partial charge in [-0.15, -0.1) is 0 Å². The van der Waals surface area contributed by atoms with Crippen LogP contribution in [0.2, 0.25) is 0 Å². The number of nitrogens with zero attached hydrogens (tertiary/aromatic N) is 1. The Morgan fingerprint density at radius 3 is 2.34 bits per heavy atom. The first kappa shape index (κ1) is 24.2. The minimum atomic E-state index is -3.68. The molecule has 0 aliphatic rings. The Morgan fingerprint density at radius 2 is 1.60 bits per heavy atom. The molecular weight excluding hydrogens is 467 g/mol. The SMILES string of the molecule is CS(=O)(=O)N(Cc1ccccc1F)c1ccc(C(=O)NCCOc2cccc3ccccc23)cc1. The highest BCUT2D eigenvalue weighted by atomic mass is 32.2. The van der Waals surface area contributed by atoms with E-state index in [1.54, 1.807) is 12.1 Å². The van der Waals surface area contributed by atoms with Crippen LogP contribution in [0.25, 0.3) is 10.8 Å². The number of fused-ring (bicyclic) bond motifs is 1. The lowest BCUT2D eigenvalue weighted by molar-refractivity contribution is 0.0947. The van der Waals surface area contributed by atoms with Gasteiger partial charge in [0.15, 0.2) is 0 Å². The van der Waals surface area contributed by atoms with Gasteiger partial charge < -0.3 is 10.1 Å². The van der Waals surface area contributed by atoms with Crippen molar-refractivity contribution in [2.24, 2.45) is 0 Å². The number of amides is 1. The fourth-order valence-electron chi connectivity index (χ4n) is 3.71. The minimum absolute atomic E-state index is 0.150. The van der Waals surface area contributed by atoms with Crippen LogP contribution in [0.4, 0.5) is 10.1 Å². The molecule has 8 heteroatoms. The summed E-state index contributed by atoms with van der Waals surface area (Å²) >= 11 is 0. The van der Waals surface area contributed by atoms with Crippen molar-refractivity contribution in [3.63, 3.8) is 0 Å². The quantitative estimate of drug-likeness (QED) is 0.342. The number of carbonyl (C=O) groups is 1. The molecule has 0 aromatic heterocycles. The lowest BCUT2D eigenvalue weighted by Gasteiger charge is -2.23. The highest BCUT2D eigenvalue weighted by molar-refractivity contribution is 7.92. The zero-order valence-corrected chi connectivity index (χ0v) is 20.0. The molecule has 1 amide bonds. The number of sulfonamides is 1. The summed E-state index contributed by atoms with van der Waals surface area (Å²) in [6.45, 7) is 0.442. The minimum Gasteiger partial charge on any atom is -0.491 e. The number of nitrogens with one attached hydrogen (secondary N) is 1. The van der Waals surface area contributed by atoms with Gasteiger partial charge in [0.2, 0.25) is 10.0 Å². The Balaban J connectivity index is 1.37. The van der Waals surface area contributed by atoms with Gasteiger partial charge in [-0.1, -0.05) is 54.6 Å². The smallest absolute Gasteiger partial charge is 0.251 e. The van der Waals surface area contributed by atoms with Crippen molar-refractivity contribution in [3.8, 4) is 5.75 Å². The molecule has 0 bridgehead atoms. The normalized spacial score (nSPS) is 11.3. The second-order valence-corrected chi connectivity index (χ2v) is 9.90. The monoisotopic (exact) mass is 492 g/mol. The second kappa shape index (κ2) is 10.6. The molecule has 0 atom stereocenters. The van der Waals surface area contributed by atoms with E-state index in [4.69, 9.17) is 4.74 Å². The number of hydrogen-bond acceptors (Lipinski definition) is 4. The van der Waals surface area contributed by atoms with Crippen molar-refractivity contribution < 1.29 is 22.3 Å². The van der Waals surface area contributed by atoms with Crippen LogP contribution in [0.1, 0.15) is 15.9 Å². The van der Waals surface area contributed by atoms with Crippen molar-refractivity contribution in [1.29, 1.82) is 0 Å². The predicted molar refractivity (Wildman–Crippen MR) is 136 cm³/mol. The van der Waals surface area contributed by atoms with Crippen LogP contribution in [0.3, 0.4) is 0 Å². The summed E-state index contributed by atoms with van der Waals surface area (Å²) < 4.78 is 45.7. The number of anilines is 1. The highest BCUT2D eigenvalue weighted by Gasteiger charge is 2.20. The standard InChI is InChI=1S/C27H25FN2O4S/c1-35(32,33)30(19-22-8-3-5-11-25(22)28)23-15-13-21(14-16-23)27(31)29-17-18-34-26-12-6-9-20-7-2-4-10-24(20)26/h2-16H,17-19H2,1H3,(H,29,31). The molecule has 0 spiro atoms. The molecule has 0 radical (unpaired) electrons. The first-order valence-electron chi connectivity index (χ1n) is 11.0. The zero-order valence-electron chi connectivity index (χ0n) is 19.1. The van der Waals surface area contributed by atoms with E-state index >= 15 is 0 Å². The third-order valence-electron chi connectivity index (χ3n) is 5.48. The molecule has 0 fully saturated rings. The zero-order chi connectivity index (χ0) is 24.8. The lowest BCUT2D eigenvalue weighted by Crippen LogP contribution is -2.30. The molecule has 0 unspecified atom stereocenters. The van der Waals surface area contributed by atoms with Crippen LogP contribution in [0.15, 0.2) is 91.0 Å². The summed E-state index contributed by atoms with van der Waals surface area (Å²) in [5.74, 6) is -0.0432. The van der Waals surface area contributed by atoms with E-state index in [0.29, 0.717) is 24.4 Å². The summed E-state index contributed by atoms with van der Waals surface area (Å²) in [6, 6.07) is 25.9. The van der Waals surface area contributed by atoms with Gasteiger partial charge in [-0.05, 0) is 41.8 Å². The molecule has 1 N–H and O–H groups in total. The number of halogens is 1. The Labute approximate surface area is 204 Å². The highest BCUT2D eigenvalue weighted by Crippen LogP contribution is 2.25. The van der Waals surface area contributed by atoms with Crippen LogP contribution in [-0.4, -0.2) is 33.7 Å². The Hall–Kier alpha value is -3.91. The Bertz CT molecular complexity index is 1430. The third kappa shape index (κ3) is 5.96. The molecule has 4 aromatic carbocycles. The van der Waals surface area contributed by atoms with E-state index in [-0.39, 0.29) is 18.0 Å². The fourth-order valence-corrected chi connectivity index (χ4v) is 4.59. The van der Waals surface area contributed by atoms with E-state index in [1.165, 1.54) is 36.4 Å². The topological polar surface area (TPSA) is 75.7 Å². The van der Waals surface area contributed by atoms with E-state index < -0.39 is 15.8 Å². The van der Waals surface area contributed by atoms with Crippen LogP contribution in [0, 0.1) is 5.82 Å². The van der Waals surface area contributed by atoms with Crippen molar-refractivity contribution in [3.05, 3.63) is 108 Å². The van der Waals surface area contributed by atoms with Gasteiger partial charge >= 0.3 is 0 Å². The van der Waals surface area contributed by atoms with Gasteiger partial charge in [0, 0.05) is 16.5 Å². The molecule has 0 aliphatic carbocycles. The lowest BCUT2D eigenvalue weighted by atomic mass is 10.1. The van der Waals surface area contributed by atoms with Gasteiger partial charge in [0.25, 0.3) is 5.91 Å². The summed E-state index contributed by atoms with van der Waals surface area (Å²) in [4.78, 5) is 12.5. The maximum Gasteiger partial charge on any atom is 0.251 e.